The molecule has 2 rings (SSSR count). The fourth-order valence-electron chi connectivity index (χ4n) is 2.60. The minimum atomic E-state index is -0.106. The summed E-state index contributed by atoms with van der Waals surface area (Å²) in [5.74, 6) is -0.146. The molecule has 1 heterocycles. The number of alkyl halides is 1. The molecule has 118 valence electrons. The Morgan fingerprint density at radius 2 is 1.91 bits per heavy atom. The number of aromatic nitrogens is 2. The third-order valence-electron chi connectivity index (χ3n) is 3.70. The largest absolute Gasteiger partial charge is 0.291 e. The molecule has 0 fully saturated rings. The summed E-state index contributed by atoms with van der Waals surface area (Å²) in [7, 11) is 0. The van der Waals surface area contributed by atoms with E-state index in [0.717, 1.165) is 35.2 Å². The van der Waals surface area contributed by atoms with Gasteiger partial charge in [-0.25, -0.2) is 0 Å². The minimum absolute atomic E-state index is 0.0402. The molecule has 2 aromatic rings. The van der Waals surface area contributed by atoms with Crippen LogP contribution in [0.4, 0.5) is 5.69 Å². The lowest BCUT2D eigenvalue weighted by Crippen LogP contribution is -2.35. The van der Waals surface area contributed by atoms with Gasteiger partial charge in [0.15, 0.2) is 0 Å². The highest BCUT2D eigenvalue weighted by Gasteiger charge is 2.21. The van der Waals surface area contributed by atoms with E-state index in [1.54, 1.807) is 15.8 Å². The van der Waals surface area contributed by atoms with Crippen LogP contribution in [0, 0.1) is 6.92 Å². The molecular weight excluding hydrogens is 298 g/mol. The lowest BCUT2D eigenvalue weighted by molar-refractivity contribution is -0.116. The van der Waals surface area contributed by atoms with Crippen molar-refractivity contribution in [2.45, 2.75) is 40.3 Å². The SMILES string of the molecule is CCc1cccc(CC)c1N(Cn1cc(C)cn1)C(=O)CCl. The van der Waals surface area contributed by atoms with Gasteiger partial charge in [-0.1, -0.05) is 32.0 Å². The topological polar surface area (TPSA) is 38.1 Å². The zero-order chi connectivity index (χ0) is 16.1. The molecule has 5 heteroatoms. The summed E-state index contributed by atoms with van der Waals surface area (Å²) < 4.78 is 1.77. The van der Waals surface area contributed by atoms with E-state index in [4.69, 9.17) is 11.6 Å². The van der Waals surface area contributed by atoms with Gasteiger partial charge in [0.1, 0.15) is 12.5 Å². The Kier molecular flexibility index (Phi) is 5.61. The Hall–Kier alpha value is -1.81. The first-order valence-electron chi connectivity index (χ1n) is 7.56. The fourth-order valence-corrected chi connectivity index (χ4v) is 2.74. The van der Waals surface area contributed by atoms with Crippen LogP contribution in [0.1, 0.15) is 30.5 Å². The summed E-state index contributed by atoms with van der Waals surface area (Å²) in [5.41, 5.74) is 4.35. The van der Waals surface area contributed by atoms with E-state index in [1.165, 1.54) is 0 Å². The number of halogens is 1. The van der Waals surface area contributed by atoms with Gasteiger partial charge in [-0.3, -0.25) is 14.4 Å². The second kappa shape index (κ2) is 7.45. The Morgan fingerprint density at radius 3 is 2.36 bits per heavy atom. The molecule has 0 aliphatic carbocycles. The lowest BCUT2D eigenvalue weighted by Gasteiger charge is -2.27. The first-order valence-corrected chi connectivity index (χ1v) is 8.10. The van der Waals surface area contributed by atoms with E-state index in [9.17, 15) is 4.79 Å². The maximum absolute atomic E-state index is 12.4. The molecule has 0 aliphatic heterocycles. The number of amides is 1. The number of para-hydroxylation sites is 1. The third-order valence-corrected chi connectivity index (χ3v) is 3.93. The van der Waals surface area contributed by atoms with Gasteiger partial charge >= 0.3 is 0 Å². The molecule has 1 amide bonds. The summed E-state index contributed by atoms with van der Waals surface area (Å²) in [6.07, 6.45) is 5.45. The van der Waals surface area contributed by atoms with Crippen molar-refractivity contribution in [2.24, 2.45) is 0 Å². The number of anilines is 1. The summed E-state index contributed by atoms with van der Waals surface area (Å²) in [6.45, 7) is 6.55. The molecule has 0 atom stereocenters. The van der Waals surface area contributed by atoms with Crippen molar-refractivity contribution in [3.63, 3.8) is 0 Å². The molecule has 0 N–H and O–H groups in total. The number of rotatable bonds is 6. The van der Waals surface area contributed by atoms with Gasteiger partial charge in [0, 0.05) is 6.20 Å². The van der Waals surface area contributed by atoms with Crippen LogP contribution in [-0.4, -0.2) is 21.6 Å². The van der Waals surface area contributed by atoms with Gasteiger partial charge in [-0.05, 0) is 36.5 Å². The van der Waals surface area contributed by atoms with E-state index in [2.05, 4.69) is 31.1 Å². The highest BCUT2D eigenvalue weighted by molar-refractivity contribution is 6.29. The van der Waals surface area contributed by atoms with Crippen LogP contribution in [0.5, 0.6) is 0 Å². The molecule has 4 nitrogen and oxygen atoms in total. The van der Waals surface area contributed by atoms with Crippen LogP contribution in [0.3, 0.4) is 0 Å². The number of benzene rings is 1. The molecule has 22 heavy (non-hydrogen) atoms. The Morgan fingerprint density at radius 1 is 1.27 bits per heavy atom. The number of hydrogen-bond acceptors (Lipinski definition) is 2. The molecule has 0 bridgehead atoms. The quantitative estimate of drug-likeness (QED) is 0.764. The zero-order valence-corrected chi connectivity index (χ0v) is 14.1. The molecule has 0 saturated carbocycles. The van der Waals surface area contributed by atoms with Gasteiger partial charge in [-0.15, -0.1) is 11.6 Å². The van der Waals surface area contributed by atoms with Gasteiger partial charge in [0.2, 0.25) is 5.91 Å². The van der Waals surface area contributed by atoms with Crippen molar-refractivity contribution in [1.82, 2.24) is 9.78 Å². The number of carbonyl (C=O) groups excluding carboxylic acids is 1. The highest BCUT2D eigenvalue weighted by Crippen LogP contribution is 2.28. The zero-order valence-electron chi connectivity index (χ0n) is 13.3. The molecular formula is C17H22ClN3O. The van der Waals surface area contributed by atoms with E-state index >= 15 is 0 Å². The standard InChI is InChI=1S/C17H22ClN3O/c1-4-14-7-6-8-15(5-2)17(14)21(16(22)9-18)12-20-11-13(3)10-19-20/h6-8,10-11H,4-5,9,12H2,1-3H3. The predicted octanol–water partition coefficient (Wildman–Crippen LogP) is 3.55. The summed E-state index contributed by atoms with van der Waals surface area (Å²) >= 11 is 5.84. The first-order chi connectivity index (χ1) is 10.6. The maximum Gasteiger partial charge on any atom is 0.243 e. The number of carbonyl (C=O) groups is 1. The lowest BCUT2D eigenvalue weighted by atomic mass is 10.0. The summed E-state index contributed by atoms with van der Waals surface area (Å²) in [4.78, 5) is 14.2. The first kappa shape index (κ1) is 16.6. The van der Waals surface area contributed by atoms with Crippen LogP contribution < -0.4 is 4.90 Å². The number of hydrogen-bond donors (Lipinski definition) is 0. The van der Waals surface area contributed by atoms with Gasteiger partial charge < -0.3 is 0 Å². The molecule has 1 aromatic heterocycles. The van der Waals surface area contributed by atoms with Crippen molar-refractivity contribution in [2.75, 3.05) is 10.8 Å². The minimum Gasteiger partial charge on any atom is -0.291 e. The Balaban J connectivity index is 2.47. The normalized spacial score (nSPS) is 10.7. The molecule has 0 saturated heterocycles. The third kappa shape index (κ3) is 3.50. The average Bonchev–Trinajstić information content (AvgIpc) is 2.96. The smallest absolute Gasteiger partial charge is 0.243 e. The van der Waals surface area contributed by atoms with Crippen LogP contribution in [0.15, 0.2) is 30.6 Å². The monoisotopic (exact) mass is 319 g/mol. The van der Waals surface area contributed by atoms with Crippen LogP contribution in [0.25, 0.3) is 0 Å². The van der Waals surface area contributed by atoms with Gasteiger partial charge in [0.25, 0.3) is 0 Å². The van der Waals surface area contributed by atoms with E-state index < -0.39 is 0 Å². The molecule has 0 radical (unpaired) electrons. The van der Waals surface area contributed by atoms with Gasteiger partial charge in [0.05, 0.1) is 11.9 Å². The van der Waals surface area contributed by atoms with E-state index in [1.807, 2.05) is 19.2 Å². The Bertz CT molecular complexity index is 629. The van der Waals surface area contributed by atoms with Crippen LogP contribution in [-0.2, 0) is 24.3 Å². The maximum atomic E-state index is 12.4. The second-order valence-corrected chi connectivity index (χ2v) is 5.55. The number of aryl methyl sites for hydroxylation is 3. The van der Waals surface area contributed by atoms with Crippen molar-refractivity contribution in [1.29, 1.82) is 0 Å². The summed E-state index contributed by atoms with van der Waals surface area (Å²) in [5, 5.41) is 4.29. The highest BCUT2D eigenvalue weighted by atomic mass is 35.5. The van der Waals surface area contributed by atoms with E-state index in [0.29, 0.717) is 6.67 Å². The molecule has 0 unspecified atom stereocenters. The molecule has 1 aromatic carbocycles. The second-order valence-electron chi connectivity index (χ2n) is 5.29. The number of nitrogens with zero attached hydrogens (tertiary/aromatic N) is 3. The molecule has 0 aliphatic rings. The van der Waals surface area contributed by atoms with Crippen molar-refractivity contribution >= 4 is 23.2 Å². The van der Waals surface area contributed by atoms with Crippen molar-refractivity contribution < 1.29 is 4.79 Å². The fraction of sp³-hybridized carbons (Fsp3) is 0.412. The van der Waals surface area contributed by atoms with Crippen LogP contribution in [0.2, 0.25) is 0 Å². The van der Waals surface area contributed by atoms with E-state index in [-0.39, 0.29) is 11.8 Å². The molecule has 0 spiro atoms. The van der Waals surface area contributed by atoms with Crippen molar-refractivity contribution in [3.05, 3.63) is 47.3 Å². The van der Waals surface area contributed by atoms with Crippen LogP contribution >= 0.6 is 11.6 Å². The van der Waals surface area contributed by atoms with Crippen molar-refractivity contribution in [3.8, 4) is 0 Å². The average molecular weight is 320 g/mol. The summed E-state index contributed by atoms with van der Waals surface area (Å²) in [6, 6.07) is 6.18. The Labute approximate surface area is 136 Å². The predicted molar refractivity (Wildman–Crippen MR) is 90.4 cm³/mol. The van der Waals surface area contributed by atoms with Gasteiger partial charge in [-0.2, -0.15) is 5.10 Å².